The van der Waals surface area contributed by atoms with Crippen LogP contribution in [-0.2, 0) is 0 Å². The van der Waals surface area contributed by atoms with Crippen molar-refractivity contribution in [3.8, 4) is 22.8 Å². The van der Waals surface area contributed by atoms with Crippen molar-refractivity contribution in [1.29, 1.82) is 0 Å². The largest absolute Gasteiger partial charge is 0.497 e. The lowest BCUT2D eigenvalue weighted by molar-refractivity contribution is 0.414. The van der Waals surface area contributed by atoms with Crippen molar-refractivity contribution in [2.75, 3.05) is 14.2 Å². The molecule has 0 saturated heterocycles. The fourth-order valence-electron chi connectivity index (χ4n) is 2.40. The number of aryl methyl sites for hydroxylation is 1. The number of ether oxygens (including phenoxy) is 2. The maximum atomic E-state index is 12.4. The van der Waals surface area contributed by atoms with Crippen LogP contribution in [0.3, 0.4) is 0 Å². The Balaban J connectivity index is 2.23. The molecule has 0 aliphatic heterocycles. The average molecular weight is 296 g/mol. The van der Waals surface area contributed by atoms with Gasteiger partial charge in [-0.25, -0.2) is 0 Å². The van der Waals surface area contributed by atoms with Crippen molar-refractivity contribution in [3.63, 3.8) is 0 Å². The minimum Gasteiger partial charge on any atom is -0.497 e. The molecule has 112 valence electrons. The first kappa shape index (κ1) is 14.2. The molecule has 22 heavy (non-hydrogen) atoms. The number of methoxy groups -OCH3 is 2. The Hall–Kier alpha value is -2.75. The smallest absolute Gasteiger partial charge is 0.193 e. The summed E-state index contributed by atoms with van der Waals surface area (Å²) in [5.74, 6) is 1.79. The molecule has 0 saturated carbocycles. The van der Waals surface area contributed by atoms with Gasteiger partial charge in [0.1, 0.15) is 22.8 Å². The fourth-order valence-corrected chi connectivity index (χ4v) is 2.40. The van der Waals surface area contributed by atoms with Crippen LogP contribution in [0.4, 0.5) is 0 Å². The summed E-state index contributed by atoms with van der Waals surface area (Å²) in [7, 11) is 3.16. The van der Waals surface area contributed by atoms with Crippen molar-refractivity contribution >= 4 is 11.0 Å². The zero-order chi connectivity index (χ0) is 15.7. The van der Waals surface area contributed by atoms with Crippen LogP contribution in [0.25, 0.3) is 22.3 Å². The predicted octanol–water partition coefficient (Wildman–Crippen LogP) is 3.79. The van der Waals surface area contributed by atoms with Gasteiger partial charge in [0.25, 0.3) is 0 Å². The molecule has 1 aromatic heterocycles. The summed E-state index contributed by atoms with van der Waals surface area (Å²) in [6.45, 7) is 1.98. The van der Waals surface area contributed by atoms with Gasteiger partial charge in [-0.05, 0) is 42.8 Å². The van der Waals surface area contributed by atoms with Crippen LogP contribution in [0.5, 0.6) is 11.5 Å². The molecule has 3 aromatic rings. The molecule has 0 atom stereocenters. The molecule has 4 heteroatoms. The summed E-state index contributed by atoms with van der Waals surface area (Å²) in [5.41, 5.74) is 2.24. The van der Waals surface area contributed by atoms with Gasteiger partial charge in [0, 0.05) is 6.07 Å². The quantitative estimate of drug-likeness (QED) is 0.738. The van der Waals surface area contributed by atoms with E-state index in [9.17, 15) is 4.79 Å². The summed E-state index contributed by atoms with van der Waals surface area (Å²) in [5, 5.41) is 0.495. The molecule has 0 aliphatic carbocycles. The van der Waals surface area contributed by atoms with Gasteiger partial charge < -0.3 is 13.9 Å². The molecule has 0 aliphatic rings. The summed E-state index contributed by atoms with van der Waals surface area (Å²) in [6, 6.07) is 12.4. The maximum absolute atomic E-state index is 12.4. The van der Waals surface area contributed by atoms with Gasteiger partial charge in [0.2, 0.25) is 0 Å². The Morgan fingerprint density at radius 3 is 2.50 bits per heavy atom. The Morgan fingerprint density at radius 1 is 0.955 bits per heavy atom. The van der Waals surface area contributed by atoms with Gasteiger partial charge in [-0.3, -0.25) is 4.79 Å². The van der Waals surface area contributed by atoms with Crippen molar-refractivity contribution in [2.24, 2.45) is 0 Å². The van der Waals surface area contributed by atoms with E-state index in [2.05, 4.69) is 0 Å². The number of hydrogen-bond donors (Lipinski definition) is 0. The third-order valence-electron chi connectivity index (χ3n) is 3.56. The molecule has 0 N–H and O–H groups in total. The lowest BCUT2D eigenvalue weighted by Crippen LogP contribution is -2.01. The summed E-state index contributed by atoms with van der Waals surface area (Å²) >= 11 is 0. The average Bonchev–Trinajstić information content (AvgIpc) is 2.54. The minimum atomic E-state index is -0.113. The van der Waals surface area contributed by atoms with Crippen LogP contribution in [-0.4, -0.2) is 14.2 Å². The second-order valence-electron chi connectivity index (χ2n) is 5.04. The standard InChI is InChI=1S/C18H16O4/c1-11-4-6-13(17(8-11)21-3)18-10-15(19)14-9-12(20-2)5-7-16(14)22-18/h4-10H,1-3H3. The Morgan fingerprint density at radius 2 is 1.77 bits per heavy atom. The molecule has 0 fully saturated rings. The Kier molecular flexibility index (Phi) is 3.59. The topological polar surface area (TPSA) is 48.7 Å². The van der Waals surface area contributed by atoms with E-state index in [-0.39, 0.29) is 5.43 Å². The highest BCUT2D eigenvalue weighted by molar-refractivity contribution is 5.81. The lowest BCUT2D eigenvalue weighted by Gasteiger charge is -2.09. The fraction of sp³-hybridized carbons (Fsp3) is 0.167. The minimum absolute atomic E-state index is 0.113. The highest BCUT2D eigenvalue weighted by Gasteiger charge is 2.12. The normalized spacial score (nSPS) is 10.7. The van der Waals surface area contributed by atoms with Crippen LogP contribution >= 0.6 is 0 Å². The third kappa shape index (κ3) is 2.44. The molecule has 0 radical (unpaired) electrons. The first-order chi connectivity index (χ1) is 10.6. The summed E-state index contributed by atoms with van der Waals surface area (Å²) in [6.07, 6.45) is 0. The van der Waals surface area contributed by atoms with Crippen molar-refractivity contribution < 1.29 is 13.9 Å². The van der Waals surface area contributed by atoms with Gasteiger partial charge >= 0.3 is 0 Å². The highest BCUT2D eigenvalue weighted by atomic mass is 16.5. The van der Waals surface area contributed by atoms with Crippen LogP contribution < -0.4 is 14.9 Å². The maximum Gasteiger partial charge on any atom is 0.193 e. The van der Waals surface area contributed by atoms with E-state index in [1.54, 1.807) is 32.4 Å². The molecule has 0 amide bonds. The zero-order valence-electron chi connectivity index (χ0n) is 12.7. The van der Waals surface area contributed by atoms with E-state index in [4.69, 9.17) is 13.9 Å². The van der Waals surface area contributed by atoms with Crippen LogP contribution in [0, 0.1) is 6.92 Å². The monoisotopic (exact) mass is 296 g/mol. The van der Waals surface area contributed by atoms with E-state index in [0.717, 1.165) is 11.1 Å². The van der Waals surface area contributed by atoms with E-state index in [0.29, 0.717) is 28.2 Å². The van der Waals surface area contributed by atoms with E-state index < -0.39 is 0 Å². The van der Waals surface area contributed by atoms with Gasteiger partial charge in [-0.2, -0.15) is 0 Å². The molecule has 0 unspecified atom stereocenters. The zero-order valence-corrected chi connectivity index (χ0v) is 12.7. The van der Waals surface area contributed by atoms with Crippen LogP contribution in [0.1, 0.15) is 5.56 Å². The molecule has 2 aromatic carbocycles. The number of hydrogen-bond acceptors (Lipinski definition) is 4. The molecule has 4 nitrogen and oxygen atoms in total. The number of fused-ring (bicyclic) bond motifs is 1. The number of rotatable bonds is 3. The van der Waals surface area contributed by atoms with Gasteiger partial charge in [0.05, 0.1) is 25.2 Å². The van der Waals surface area contributed by atoms with Crippen LogP contribution in [0.2, 0.25) is 0 Å². The molecule has 0 bridgehead atoms. The first-order valence-corrected chi connectivity index (χ1v) is 6.89. The Bertz CT molecular complexity index is 893. The third-order valence-corrected chi connectivity index (χ3v) is 3.56. The van der Waals surface area contributed by atoms with Crippen molar-refractivity contribution in [3.05, 3.63) is 58.3 Å². The van der Waals surface area contributed by atoms with E-state index >= 15 is 0 Å². The lowest BCUT2D eigenvalue weighted by atomic mass is 10.1. The van der Waals surface area contributed by atoms with Crippen molar-refractivity contribution in [2.45, 2.75) is 6.92 Å². The SMILES string of the molecule is COc1ccc2oc(-c3ccc(C)cc3OC)cc(=O)c2c1. The molecular weight excluding hydrogens is 280 g/mol. The molecule has 3 rings (SSSR count). The van der Waals surface area contributed by atoms with Gasteiger partial charge in [-0.15, -0.1) is 0 Å². The van der Waals surface area contributed by atoms with E-state index in [1.807, 2.05) is 25.1 Å². The van der Waals surface area contributed by atoms with Crippen LogP contribution in [0.15, 0.2) is 51.7 Å². The van der Waals surface area contributed by atoms with Crippen molar-refractivity contribution in [1.82, 2.24) is 0 Å². The highest BCUT2D eigenvalue weighted by Crippen LogP contribution is 2.32. The second kappa shape index (κ2) is 5.56. The van der Waals surface area contributed by atoms with E-state index in [1.165, 1.54) is 6.07 Å². The molecule has 0 spiro atoms. The summed E-state index contributed by atoms with van der Waals surface area (Å²) in [4.78, 5) is 12.4. The van der Waals surface area contributed by atoms with Gasteiger partial charge in [0.15, 0.2) is 5.43 Å². The predicted molar refractivity (Wildman–Crippen MR) is 85.8 cm³/mol. The first-order valence-electron chi connectivity index (χ1n) is 6.89. The number of benzene rings is 2. The van der Waals surface area contributed by atoms with Gasteiger partial charge in [-0.1, -0.05) is 6.07 Å². The second-order valence-corrected chi connectivity index (χ2v) is 5.04. The molecular formula is C18H16O4. The Labute approximate surface area is 127 Å². The summed E-state index contributed by atoms with van der Waals surface area (Å²) < 4.78 is 16.4. The molecule has 1 heterocycles.